The van der Waals surface area contributed by atoms with Gasteiger partial charge in [0.1, 0.15) is 31.3 Å². The number of anilines is 1. The van der Waals surface area contributed by atoms with E-state index < -0.39 is 17.7 Å². The van der Waals surface area contributed by atoms with Crippen LogP contribution in [0.1, 0.15) is 28.3 Å². The lowest BCUT2D eigenvalue weighted by molar-refractivity contribution is -0.132. The van der Waals surface area contributed by atoms with Gasteiger partial charge in [0.15, 0.2) is 15.8 Å². The number of rotatable bonds is 9. The number of halogens is 2. The number of thioether (sulfide) groups is 1. The minimum Gasteiger partial charge on any atom is -0.507 e. The van der Waals surface area contributed by atoms with Crippen LogP contribution in [0.3, 0.4) is 0 Å². The Hall–Kier alpha value is -4.55. The highest BCUT2D eigenvalue weighted by atomic mass is 35.5. The third kappa shape index (κ3) is 6.59. The van der Waals surface area contributed by atoms with Crippen LogP contribution in [0.25, 0.3) is 5.76 Å². The second-order valence-corrected chi connectivity index (χ2v) is 13.8. The normalized spacial score (nSPS) is 16.7. The van der Waals surface area contributed by atoms with E-state index in [4.69, 9.17) is 37.4 Å². The van der Waals surface area contributed by atoms with Crippen molar-refractivity contribution in [2.75, 3.05) is 18.1 Å². The molecule has 1 saturated heterocycles. The molecule has 1 atom stereocenters. The van der Waals surface area contributed by atoms with Gasteiger partial charge in [-0.15, -0.1) is 10.2 Å². The summed E-state index contributed by atoms with van der Waals surface area (Å²) in [5, 5.41) is 21.5. The van der Waals surface area contributed by atoms with Crippen molar-refractivity contribution in [1.29, 1.82) is 0 Å². The van der Waals surface area contributed by atoms with E-state index in [1.54, 1.807) is 54.6 Å². The summed E-state index contributed by atoms with van der Waals surface area (Å²) in [4.78, 5) is 28.8. The molecule has 1 aromatic heterocycles. The molecule has 4 aromatic carbocycles. The highest BCUT2D eigenvalue weighted by Gasteiger charge is 2.48. The highest BCUT2D eigenvalue weighted by Crippen LogP contribution is 2.45. The molecular formula is C35H25Cl2N3O6S2. The van der Waals surface area contributed by atoms with Crippen molar-refractivity contribution in [2.24, 2.45) is 0 Å². The molecule has 13 heteroatoms. The number of fused-ring (bicyclic) bond motifs is 1. The summed E-state index contributed by atoms with van der Waals surface area (Å²) in [7, 11) is 0. The lowest BCUT2D eigenvalue weighted by Gasteiger charge is -2.23. The van der Waals surface area contributed by atoms with Gasteiger partial charge in [-0.2, -0.15) is 0 Å². The first-order chi connectivity index (χ1) is 23.4. The first kappa shape index (κ1) is 32.0. The van der Waals surface area contributed by atoms with Crippen LogP contribution < -0.4 is 19.1 Å². The topological polar surface area (TPSA) is 111 Å². The van der Waals surface area contributed by atoms with Gasteiger partial charge in [-0.3, -0.25) is 14.5 Å². The van der Waals surface area contributed by atoms with Gasteiger partial charge in [-0.1, -0.05) is 94.8 Å². The number of carbonyl (C=O) groups is 2. The Morgan fingerprint density at radius 2 is 1.75 bits per heavy atom. The number of ketones is 1. The van der Waals surface area contributed by atoms with E-state index >= 15 is 0 Å². The third-order valence-electron chi connectivity index (χ3n) is 7.65. The Morgan fingerprint density at radius 3 is 2.56 bits per heavy atom. The first-order valence-electron chi connectivity index (χ1n) is 14.7. The van der Waals surface area contributed by atoms with Crippen LogP contribution >= 0.6 is 46.3 Å². The van der Waals surface area contributed by atoms with Crippen molar-refractivity contribution in [3.05, 3.63) is 129 Å². The molecule has 1 amide bonds. The summed E-state index contributed by atoms with van der Waals surface area (Å²) in [6.45, 7) is 1.07. The van der Waals surface area contributed by atoms with Gasteiger partial charge in [0.2, 0.25) is 5.13 Å². The van der Waals surface area contributed by atoms with E-state index in [1.807, 2.05) is 36.4 Å². The van der Waals surface area contributed by atoms with Gasteiger partial charge < -0.3 is 19.3 Å². The fourth-order valence-electron chi connectivity index (χ4n) is 5.34. The zero-order valence-electron chi connectivity index (χ0n) is 25.0. The smallest absolute Gasteiger partial charge is 0.301 e. The maximum absolute atomic E-state index is 13.8. The highest BCUT2D eigenvalue weighted by molar-refractivity contribution is 8.00. The zero-order valence-corrected chi connectivity index (χ0v) is 28.1. The number of Topliss-reactive ketones (excluding diaryl/α,β-unsaturated/α-hetero) is 1. The van der Waals surface area contributed by atoms with Crippen LogP contribution in [-0.2, 0) is 21.9 Å². The molecule has 0 aliphatic carbocycles. The van der Waals surface area contributed by atoms with E-state index in [0.717, 1.165) is 22.5 Å². The summed E-state index contributed by atoms with van der Waals surface area (Å²) in [5.41, 5.74) is 2.57. The van der Waals surface area contributed by atoms with Gasteiger partial charge in [0, 0.05) is 21.4 Å². The Balaban J connectivity index is 1.25. The molecule has 0 saturated carbocycles. The molecule has 3 heterocycles. The predicted molar refractivity (Wildman–Crippen MR) is 185 cm³/mol. The van der Waals surface area contributed by atoms with Crippen LogP contribution in [0.2, 0.25) is 10.0 Å². The Labute approximate surface area is 293 Å². The van der Waals surface area contributed by atoms with Crippen LogP contribution in [0.5, 0.6) is 17.2 Å². The Bertz CT molecular complexity index is 2060. The van der Waals surface area contributed by atoms with Gasteiger partial charge in [0.05, 0.1) is 11.6 Å². The number of amides is 1. The number of nitrogens with zero attached hydrogens (tertiary/aromatic N) is 3. The molecule has 7 rings (SSSR count). The van der Waals surface area contributed by atoms with Crippen LogP contribution in [0, 0.1) is 0 Å². The lowest BCUT2D eigenvalue weighted by atomic mass is 9.95. The molecule has 0 radical (unpaired) electrons. The molecule has 0 spiro atoms. The number of hydrogen-bond donors (Lipinski definition) is 1. The third-order valence-corrected chi connectivity index (χ3v) is 10.3. The molecule has 2 aliphatic heterocycles. The first-order valence-corrected chi connectivity index (χ1v) is 17.3. The maximum Gasteiger partial charge on any atom is 0.301 e. The summed E-state index contributed by atoms with van der Waals surface area (Å²) < 4.78 is 18.0. The van der Waals surface area contributed by atoms with Crippen molar-refractivity contribution >= 4 is 68.9 Å². The van der Waals surface area contributed by atoms with Crippen LogP contribution in [0.15, 0.2) is 101 Å². The van der Waals surface area contributed by atoms with Crippen molar-refractivity contribution in [3.63, 3.8) is 0 Å². The van der Waals surface area contributed by atoms with E-state index in [-0.39, 0.29) is 16.5 Å². The van der Waals surface area contributed by atoms with Crippen molar-refractivity contribution in [2.45, 2.75) is 22.7 Å². The van der Waals surface area contributed by atoms with Gasteiger partial charge in [-0.25, -0.2) is 0 Å². The molecule has 9 nitrogen and oxygen atoms in total. The predicted octanol–water partition coefficient (Wildman–Crippen LogP) is 8.11. The fourth-order valence-corrected chi connectivity index (χ4v) is 7.77. The molecule has 2 aliphatic rings. The van der Waals surface area contributed by atoms with E-state index in [1.165, 1.54) is 16.7 Å². The minimum atomic E-state index is -1.03. The van der Waals surface area contributed by atoms with Crippen molar-refractivity contribution in [3.8, 4) is 17.2 Å². The Kier molecular flexibility index (Phi) is 9.27. The zero-order chi connectivity index (χ0) is 33.2. The molecule has 242 valence electrons. The molecule has 1 fully saturated rings. The van der Waals surface area contributed by atoms with E-state index in [0.29, 0.717) is 68.3 Å². The largest absolute Gasteiger partial charge is 0.507 e. The van der Waals surface area contributed by atoms with Crippen molar-refractivity contribution < 1.29 is 28.9 Å². The van der Waals surface area contributed by atoms with E-state index in [2.05, 4.69) is 10.2 Å². The summed E-state index contributed by atoms with van der Waals surface area (Å²) in [6, 6.07) is 25.9. The average molecular weight is 719 g/mol. The summed E-state index contributed by atoms with van der Waals surface area (Å²) >= 11 is 14.9. The van der Waals surface area contributed by atoms with Crippen molar-refractivity contribution in [1.82, 2.24) is 10.2 Å². The van der Waals surface area contributed by atoms with Gasteiger partial charge in [0.25, 0.3) is 5.78 Å². The maximum atomic E-state index is 13.8. The number of benzene rings is 4. The van der Waals surface area contributed by atoms with Gasteiger partial charge in [-0.05, 0) is 59.2 Å². The Morgan fingerprint density at radius 1 is 0.938 bits per heavy atom. The van der Waals surface area contributed by atoms with Crippen LogP contribution in [-0.4, -0.2) is 40.2 Å². The lowest BCUT2D eigenvalue weighted by Crippen LogP contribution is -2.29. The number of ether oxygens (including phenoxy) is 3. The summed E-state index contributed by atoms with van der Waals surface area (Å²) in [5.74, 6) is -0.100. The number of aromatic nitrogens is 2. The molecule has 1 unspecified atom stereocenters. The number of carbonyl (C=O) groups excluding carboxylic acids is 2. The number of aliphatic hydroxyl groups excluding tert-OH is 1. The monoisotopic (exact) mass is 717 g/mol. The molecule has 0 bridgehead atoms. The second kappa shape index (κ2) is 13.9. The average Bonchev–Trinajstić information content (AvgIpc) is 3.68. The standard InChI is InChI=1S/C35H25Cl2N3O6S2/c36-24-11-9-23(26(37)17-24)19-47-35-39-38-34(48-35)40-30(21-7-4-8-25(15-21)46-18-20-5-2-1-3-6-20)29(32(42)33(40)43)31(41)22-10-12-27-28(16-22)45-14-13-44-27/h1-12,15-17,30,41H,13-14,18-19H2. The summed E-state index contributed by atoms with van der Waals surface area (Å²) in [6.07, 6.45) is 0. The fraction of sp³-hybridized carbons (Fsp3) is 0.143. The molecule has 5 aromatic rings. The molecule has 48 heavy (non-hydrogen) atoms. The minimum absolute atomic E-state index is 0.103. The molecular weight excluding hydrogens is 693 g/mol. The number of aliphatic hydroxyl groups is 1. The molecule has 1 N–H and O–H groups in total. The van der Waals surface area contributed by atoms with Crippen LogP contribution in [0.4, 0.5) is 5.13 Å². The van der Waals surface area contributed by atoms with Gasteiger partial charge >= 0.3 is 5.91 Å². The quantitative estimate of drug-likeness (QED) is 0.0531. The SMILES string of the molecule is O=C1C(=O)N(c2nnc(SCc3ccc(Cl)cc3Cl)s2)C(c2cccc(OCc3ccccc3)c2)C1=C(O)c1ccc2c(c1)OCCO2. The second-order valence-electron chi connectivity index (χ2n) is 10.7. The van der Waals surface area contributed by atoms with E-state index in [9.17, 15) is 14.7 Å². The number of hydrogen-bond acceptors (Lipinski definition) is 10.